The molecule has 36 valence electrons. The molecule has 0 aromatic carbocycles. The third-order valence-corrected chi connectivity index (χ3v) is 0. The van der Waals surface area contributed by atoms with E-state index in [1.807, 2.05) is 0 Å². The fourth-order valence-corrected chi connectivity index (χ4v) is 0. The first-order chi connectivity index (χ1) is 1.73. The van der Waals surface area contributed by atoms with Crippen LogP contribution in [0.4, 0.5) is 4.79 Å². The normalized spacial score (nSPS) is 4.00. The van der Waals surface area contributed by atoms with E-state index in [1.165, 1.54) is 0 Å². The standard InChI is InChI=1S/CH2O3.K.Ni.H/c2-1(3)4;;;/h(H2,2,3,4);;;/q;+1;;-1. The fraction of sp³-hybridized carbons (Fsp3) is 0. The van der Waals surface area contributed by atoms with Crippen LogP contribution >= 0.6 is 0 Å². The van der Waals surface area contributed by atoms with Gasteiger partial charge in [0.05, 0.1) is 0 Å². The van der Waals surface area contributed by atoms with Crippen molar-refractivity contribution in [3.63, 3.8) is 0 Å². The van der Waals surface area contributed by atoms with E-state index in [2.05, 4.69) is 0 Å². The molecule has 0 aliphatic rings. The Bertz CT molecular complexity index is 37.9. The molecule has 2 N–H and O–H groups in total. The Labute approximate surface area is 88.9 Å². The van der Waals surface area contributed by atoms with Gasteiger partial charge in [-0.25, -0.2) is 4.79 Å². The quantitative estimate of drug-likeness (QED) is 0.381. The summed E-state index contributed by atoms with van der Waals surface area (Å²) in [5, 5.41) is 13.9. The van der Waals surface area contributed by atoms with Crippen molar-refractivity contribution in [3.8, 4) is 0 Å². The maximum absolute atomic E-state index is 8.56. The van der Waals surface area contributed by atoms with E-state index >= 15 is 0 Å². The van der Waals surface area contributed by atoms with Crippen LogP contribution < -0.4 is 51.4 Å². The minimum absolute atomic E-state index is 0. The van der Waals surface area contributed by atoms with Gasteiger partial charge in [0.2, 0.25) is 0 Å². The van der Waals surface area contributed by atoms with E-state index in [0.717, 1.165) is 0 Å². The van der Waals surface area contributed by atoms with Crippen molar-refractivity contribution in [2.24, 2.45) is 0 Å². The van der Waals surface area contributed by atoms with E-state index in [0.29, 0.717) is 0 Å². The molecule has 0 fully saturated rings. The first-order valence-electron chi connectivity index (χ1n) is 0.651. The molecule has 0 aliphatic heterocycles. The van der Waals surface area contributed by atoms with Crippen LogP contribution in [0.1, 0.15) is 1.43 Å². The van der Waals surface area contributed by atoms with Crippen molar-refractivity contribution < 1.29 is 84.3 Å². The Hall–Kier alpha value is 1.40. The van der Waals surface area contributed by atoms with Gasteiger partial charge in [-0.15, -0.1) is 0 Å². The van der Waals surface area contributed by atoms with Gasteiger partial charge in [0.25, 0.3) is 0 Å². The van der Waals surface area contributed by atoms with Gasteiger partial charge in [0.15, 0.2) is 0 Å². The van der Waals surface area contributed by atoms with Crippen LogP contribution in [0.3, 0.4) is 0 Å². The molecule has 0 amide bonds. The van der Waals surface area contributed by atoms with Crippen LogP contribution in [-0.2, 0) is 16.5 Å². The summed E-state index contributed by atoms with van der Waals surface area (Å²) in [5.41, 5.74) is 0. The topological polar surface area (TPSA) is 57.5 Å². The van der Waals surface area contributed by atoms with Gasteiger partial charge in [0, 0.05) is 16.5 Å². The van der Waals surface area contributed by atoms with Crippen LogP contribution in [0.2, 0.25) is 0 Å². The Morgan fingerprint density at radius 3 is 1.50 bits per heavy atom. The first-order valence-corrected chi connectivity index (χ1v) is 0.651. The van der Waals surface area contributed by atoms with Crippen molar-refractivity contribution in [1.82, 2.24) is 0 Å². The van der Waals surface area contributed by atoms with Crippen LogP contribution in [0.25, 0.3) is 0 Å². The molecule has 0 unspecified atom stereocenters. The van der Waals surface area contributed by atoms with Crippen molar-refractivity contribution in [3.05, 3.63) is 0 Å². The van der Waals surface area contributed by atoms with Gasteiger partial charge in [0.1, 0.15) is 0 Å². The van der Waals surface area contributed by atoms with Crippen LogP contribution in [0.15, 0.2) is 0 Å². The summed E-state index contributed by atoms with van der Waals surface area (Å²) in [6, 6.07) is 0. The van der Waals surface area contributed by atoms with Crippen LogP contribution in [0, 0.1) is 0 Å². The van der Waals surface area contributed by atoms with Gasteiger partial charge < -0.3 is 11.6 Å². The summed E-state index contributed by atoms with van der Waals surface area (Å²) in [5.74, 6) is 0. The minimum atomic E-state index is -1.83. The van der Waals surface area contributed by atoms with E-state index in [-0.39, 0.29) is 69.3 Å². The monoisotopic (exact) mass is 160 g/mol. The number of carboxylic acid groups (broad SMARTS) is 2. The van der Waals surface area contributed by atoms with Crippen molar-refractivity contribution in [2.75, 3.05) is 0 Å². The third-order valence-electron chi connectivity index (χ3n) is 0. The summed E-state index contributed by atoms with van der Waals surface area (Å²) >= 11 is 0. The second-order valence-corrected chi connectivity index (χ2v) is 0.283. The molecular weight excluding hydrogens is 158 g/mol. The Balaban J connectivity index is -0.0000000150. The maximum atomic E-state index is 8.56. The molecule has 0 radical (unpaired) electrons. The zero-order valence-corrected chi connectivity index (χ0v) is 7.23. The molecule has 0 rings (SSSR count). The average Bonchev–Trinajstić information content (AvgIpc) is 0.811. The van der Waals surface area contributed by atoms with Crippen LogP contribution in [-0.4, -0.2) is 16.4 Å². The SMILES string of the molecule is O=C(O)O.[H-].[K+].[Ni]. The van der Waals surface area contributed by atoms with Gasteiger partial charge in [-0.3, -0.25) is 0 Å². The van der Waals surface area contributed by atoms with Gasteiger partial charge in [-0.1, -0.05) is 0 Å². The minimum Gasteiger partial charge on any atom is -1.00 e. The zero-order chi connectivity index (χ0) is 3.58. The van der Waals surface area contributed by atoms with Gasteiger partial charge >= 0.3 is 57.5 Å². The second kappa shape index (κ2) is 9.64. The number of hydrogen-bond donors (Lipinski definition) is 2. The maximum Gasteiger partial charge on any atom is 1.00 e. The summed E-state index contributed by atoms with van der Waals surface area (Å²) in [7, 11) is 0. The van der Waals surface area contributed by atoms with E-state index in [9.17, 15) is 0 Å². The molecule has 0 saturated heterocycles. The molecule has 0 spiro atoms. The number of carbonyl (C=O) groups is 1. The first kappa shape index (κ1) is 15.7. The largest absolute Gasteiger partial charge is 1.00 e. The molecule has 0 bridgehead atoms. The van der Waals surface area contributed by atoms with E-state index < -0.39 is 6.16 Å². The van der Waals surface area contributed by atoms with Gasteiger partial charge in [-0.05, 0) is 0 Å². The Morgan fingerprint density at radius 2 is 1.50 bits per heavy atom. The van der Waals surface area contributed by atoms with Crippen LogP contribution in [0.5, 0.6) is 0 Å². The molecular formula is CH3KNiO3. The molecule has 0 aliphatic carbocycles. The van der Waals surface area contributed by atoms with Crippen molar-refractivity contribution in [1.29, 1.82) is 0 Å². The van der Waals surface area contributed by atoms with Crippen molar-refractivity contribution in [2.45, 2.75) is 0 Å². The zero-order valence-electron chi connectivity index (χ0n) is 4.12. The predicted molar refractivity (Wildman–Crippen MR) is 11.8 cm³/mol. The fourth-order valence-electron chi connectivity index (χ4n) is 0. The molecule has 5 heteroatoms. The summed E-state index contributed by atoms with van der Waals surface area (Å²) in [6.07, 6.45) is -1.83. The molecule has 0 aromatic rings. The van der Waals surface area contributed by atoms with Crippen molar-refractivity contribution >= 4 is 6.16 Å². The number of rotatable bonds is 0. The molecule has 0 aromatic heterocycles. The van der Waals surface area contributed by atoms with E-state index in [4.69, 9.17) is 15.0 Å². The Morgan fingerprint density at radius 1 is 1.50 bits per heavy atom. The smallest absolute Gasteiger partial charge is 1.00 e. The molecule has 0 atom stereocenters. The third kappa shape index (κ3) is 53.3. The second-order valence-electron chi connectivity index (χ2n) is 0.283. The average molecular weight is 161 g/mol. The summed E-state index contributed by atoms with van der Waals surface area (Å²) in [4.78, 5) is 8.56. The number of hydrogen-bond acceptors (Lipinski definition) is 1. The molecule has 3 nitrogen and oxygen atoms in total. The molecule has 6 heavy (non-hydrogen) atoms. The molecule has 0 heterocycles. The predicted octanol–water partition coefficient (Wildman–Crippen LogP) is -2.66. The molecule has 0 saturated carbocycles. The Kier molecular flexibility index (Phi) is 25.2. The summed E-state index contributed by atoms with van der Waals surface area (Å²) < 4.78 is 0. The van der Waals surface area contributed by atoms with Gasteiger partial charge in [-0.2, -0.15) is 0 Å². The summed E-state index contributed by atoms with van der Waals surface area (Å²) in [6.45, 7) is 0. The van der Waals surface area contributed by atoms with E-state index in [1.54, 1.807) is 0 Å².